The molecule has 1 amide bonds. The van der Waals surface area contributed by atoms with E-state index in [1.165, 1.54) is 31.4 Å². The van der Waals surface area contributed by atoms with E-state index >= 15 is 0 Å². The average molecular weight is 307 g/mol. The van der Waals surface area contributed by atoms with E-state index in [2.05, 4.69) is 17.1 Å². The summed E-state index contributed by atoms with van der Waals surface area (Å²) in [6.45, 7) is 4.12. The number of nitrogens with one attached hydrogen (secondary N) is 1. The van der Waals surface area contributed by atoms with Crippen LogP contribution in [0.1, 0.15) is 45.4 Å². The Bertz CT molecular complexity index is 278. The molecule has 0 aliphatic carbocycles. The van der Waals surface area contributed by atoms with Crippen LogP contribution in [0.25, 0.3) is 0 Å². The summed E-state index contributed by atoms with van der Waals surface area (Å²) in [4.78, 5) is 14.2. The standard InChI is InChI=1S/C14H26N2OS.ClH/c1-2-3-9-18-10-7-14(17)16-8-6-12-4-5-13(11-16)15-12;/h12-13,15H,2-11H2,1H3;1H. The Kier molecular flexibility index (Phi) is 8.19. The summed E-state index contributed by atoms with van der Waals surface area (Å²) < 4.78 is 0. The Morgan fingerprint density at radius 1 is 1.26 bits per heavy atom. The fraction of sp³-hybridized carbons (Fsp3) is 0.929. The van der Waals surface area contributed by atoms with Gasteiger partial charge in [0.15, 0.2) is 0 Å². The van der Waals surface area contributed by atoms with Gasteiger partial charge in [0.2, 0.25) is 5.91 Å². The number of unbranched alkanes of at least 4 members (excludes halogenated alkanes) is 1. The predicted molar refractivity (Wildman–Crippen MR) is 85.2 cm³/mol. The van der Waals surface area contributed by atoms with Gasteiger partial charge in [-0.3, -0.25) is 4.79 Å². The fourth-order valence-electron chi connectivity index (χ4n) is 2.84. The van der Waals surface area contributed by atoms with Crippen LogP contribution in [0.2, 0.25) is 0 Å². The molecule has 2 rings (SSSR count). The Morgan fingerprint density at radius 2 is 2.05 bits per heavy atom. The number of likely N-dealkylation sites (tertiary alicyclic amines) is 1. The Hall–Kier alpha value is 0.0700. The van der Waals surface area contributed by atoms with Crippen molar-refractivity contribution in [3.8, 4) is 0 Å². The molecule has 2 saturated heterocycles. The van der Waals surface area contributed by atoms with E-state index in [4.69, 9.17) is 0 Å². The molecule has 19 heavy (non-hydrogen) atoms. The second-order valence-electron chi connectivity index (χ2n) is 5.48. The fourth-order valence-corrected chi connectivity index (χ4v) is 3.85. The largest absolute Gasteiger partial charge is 0.341 e. The normalized spacial score (nSPS) is 25.8. The maximum Gasteiger partial charge on any atom is 0.223 e. The second kappa shape index (κ2) is 9.09. The van der Waals surface area contributed by atoms with Crippen molar-refractivity contribution in [2.45, 2.75) is 57.5 Å². The first kappa shape index (κ1) is 17.1. The monoisotopic (exact) mass is 306 g/mol. The van der Waals surface area contributed by atoms with Crippen LogP contribution in [-0.4, -0.2) is 47.5 Å². The summed E-state index contributed by atoms with van der Waals surface area (Å²) in [6, 6.07) is 1.24. The van der Waals surface area contributed by atoms with Crippen molar-refractivity contribution in [2.24, 2.45) is 0 Å². The maximum atomic E-state index is 12.1. The van der Waals surface area contributed by atoms with Crippen LogP contribution in [0, 0.1) is 0 Å². The molecule has 112 valence electrons. The smallest absolute Gasteiger partial charge is 0.223 e. The SMILES string of the molecule is CCCCSCCC(=O)N1CCC2CCC(C1)N2.Cl. The first-order valence-electron chi connectivity index (χ1n) is 7.41. The van der Waals surface area contributed by atoms with Gasteiger partial charge in [0.25, 0.3) is 0 Å². The van der Waals surface area contributed by atoms with Crippen LogP contribution in [0.15, 0.2) is 0 Å². The van der Waals surface area contributed by atoms with Crippen molar-refractivity contribution in [3.63, 3.8) is 0 Å². The van der Waals surface area contributed by atoms with Crippen LogP contribution in [0.3, 0.4) is 0 Å². The van der Waals surface area contributed by atoms with Crippen LogP contribution in [-0.2, 0) is 4.79 Å². The highest BCUT2D eigenvalue weighted by Gasteiger charge is 2.30. The third-order valence-electron chi connectivity index (χ3n) is 3.98. The first-order valence-corrected chi connectivity index (χ1v) is 8.56. The molecular formula is C14H27ClN2OS. The van der Waals surface area contributed by atoms with Gasteiger partial charge in [-0.1, -0.05) is 13.3 Å². The molecule has 2 heterocycles. The zero-order valence-corrected chi connectivity index (χ0v) is 13.5. The van der Waals surface area contributed by atoms with Crippen molar-refractivity contribution in [1.82, 2.24) is 10.2 Å². The lowest BCUT2D eigenvalue weighted by Crippen LogP contribution is -2.39. The molecule has 2 aliphatic rings. The summed E-state index contributed by atoms with van der Waals surface area (Å²) in [5.41, 5.74) is 0. The van der Waals surface area contributed by atoms with Gasteiger partial charge in [0.1, 0.15) is 0 Å². The zero-order valence-electron chi connectivity index (χ0n) is 11.9. The molecule has 3 nitrogen and oxygen atoms in total. The maximum absolute atomic E-state index is 12.1. The number of rotatable bonds is 6. The van der Waals surface area contributed by atoms with Gasteiger partial charge in [-0.2, -0.15) is 11.8 Å². The van der Waals surface area contributed by atoms with Gasteiger partial charge in [-0.15, -0.1) is 12.4 Å². The summed E-state index contributed by atoms with van der Waals surface area (Å²) in [5, 5.41) is 3.62. The number of fused-ring (bicyclic) bond motifs is 2. The molecule has 0 radical (unpaired) electrons. The topological polar surface area (TPSA) is 32.3 Å². The Morgan fingerprint density at radius 3 is 2.84 bits per heavy atom. The van der Waals surface area contributed by atoms with Crippen molar-refractivity contribution in [1.29, 1.82) is 0 Å². The molecule has 2 fully saturated rings. The molecule has 0 aromatic rings. The van der Waals surface area contributed by atoms with Crippen molar-refractivity contribution in [3.05, 3.63) is 0 Å². The molecule has 0 aromatic heterocycles. The molecule has 2 unspecified atom stereocenters. The third kappa shape index (κ3) is 5.52. The molecule has 0 saturated carbocycles. The molecule has 0 aromatic carbocycles. The van der Waals surface area contributed by atoms with Gasteiger partial charge < -0.3 is 10.2 Å². The van der Waals surface area contributed by atoms with E-state index < -0.39 is 0 Å². The summed E-state index contributed by atoms with van der Waals surface area (Å²) in [5.74, 6) is 2.57. The Balaban J connectivity index is 0.00000180. The lowest BCUT2D eigenvalue weighted by molar-refractivity contribution is -0.130. The van der Waals surface area contributed by atoms with Gasteiger partial charge >= 0.3 is 0 Å². The molecule has 2 aliphatic heterocycles. The van der Waals surface area contributed by atoms with Crippen molar-refractivity contribution in [2.75, 3.05) is 24.6 Å². The number of amides is 1. The van der Waals surface area contributed by atoms with Gasteiger partial charge in [0, 0.05) is 37.3 Å². The van der Waals surface area contributed by atoms with E-state index in [-0.39, 0.29) is 12.4 Å². The lowest BCUT2D eigenvalue weighted by Gasteiger charge is -2.24. The first-order chi connectivity index (χ1) is 8.79. The second-order valence-corrected chi connectivity index (χ2v) is 6.71. The number of carbonyl (C=O) groups excluding carboxylic acids is 1. The van der Waals surface area contributed by atoms with E-state index in [9.17, 15) is 4.79 Å². The number of thioether (sulfide) groups is 1. The van der Waals surface area contributed by atoms with E-state index in [1.807, 2.05) is 11.8 Å². The summed E-state index contributed by atoms with van der Waals surface area (Å²) >= 11 is 1.93. The van der Waals surface area contributed by atoms with Crippen LogP contribution < -0.4 is 5.32 Å². The highest BCUT2D eigenvalue weighted by molar-refractivity contribution is 7.99. The van der Waals surface area contributed by atoms with Gasteiger partial charge in [-0.05, 0) is 31.4 Å². The van der Waals surface area contributed by atoms with E-state index in [0.717, 1.165) is 31.7 Å². The van der Waals surface area contributed by atoms with Crippen LogP contribution in [0.4, 0.5) is 0 Å². The predicted octanol–water partition coefficient (Wildman–Crippen LogP) is 2.68. The minimum absolute atomic E-state index is 0. The minimum atomic E-state index is 0. The summed E-state index contributed by atoms with van der Waals surface area (Å²) in [7, 11) is 0. The van der Waals surface area contributed by atoms with Crippen LogP contribution in [0.5, 0.6) is 0 Å². The molecular weight excluding hydrogens is 280 g/mol. The highest BCUT2D eigenvalue weighted by atomic mass is 35.5. The minimum Gasteiger partial charge on any atom is -0.341 e. The lowest BCUT2D eigenvalue weighted by atomic mass is 10.1. The summed E-state index contributed by atoms with van der Waals surface area (Å²) in [6.07, 6.45) is 6.95. The quantitative estimate of drug-likeness (QED) is 0.766. The van der Waals surface area contributed by atoms with Crippen molar-refractivity contribution >= 4 is 30.1 Å². The molecule has 2 bridgehead atoms. The van der Waals surface area contributed by atoms with Crippen LogP contribution >= 0.6 is 24.2 Å². The number of hydrogen-bond donors (Lipinski definition) is 1. The molecule has 2 atom stereocenters. The van der Waals surface area contributed by atoms with Gasteiger partial charge in [-0.25, -0.2) is 0 Å². The Labute approximate surface area is 127 Å². The van der Waals surface area contributed by atoms with Crippen molar-refractivity contribution < 1.29 is 4.79 Å². The average Bonchev–Trinajstić information content (AvgIpc) is 2.68. The molecule has 0 spiro atoms. The zero-order chi connectivity index (χ0) is 12.8. The number of halogens is 1. The third-order valence-corrected chi connectivity index (χ3v) is 5.05. The highest BCUT2D eigenvalue weighted by Crippen LogP contribution is 2.21. The van der Waals surface area contributed by atoms with E-state index in [1.54, 1.807) is 0 Å². The molecule has 1 N–H and O–H groups in total. The molecule has 5 heteroatoms. The van der Waals surface area contributed by atoms with E-state index in [0.29, 0.717) is 18.0 Å². The number of hydrogen-bond acceptors (Lipinski definition) is 3. The number of nitrogens with zero attached hydrogens (tertiary/aromatic N) is 1. The van der Waals surface area contributed by atoms with Gasteiger partial charge in [0.05, 0.1) is 0 Å². The number of carbonyl (C=O) groups is 1.